The molecule has 65 heavy (non-hydrogen) atoms. The second kappa shape index (κ2) is 15.1. The van der Waals surface area contributed by atoms with Gasteiger partial charge in [0.1, 0.15) is 0 Å². The Labute approximate surface area is 377 Å². The lowest BCUT2D eigenvalue weighted by atomic mass is 9.87. The van der Waals surface area contributed by atoms with Crippen molar-refractivity contribution in [2.75, 3.05) is 0 Å². The molecule has 0 radical (unpaired) electrons. The van der Waals surface area contributed by atoms with Gasteiger partial charge in [-0.25, -0.2) is 9.97 Å². The number of nitrogens with zero attached hydrogens (tertiary/aromatic N) is 3. The number of aryl methyl sites for hydroxylation is 1. The highest BCUT2D eigenvalue weighted by atomic mass is 15.0. The zero-order chi connectivity index (χ0) is 42.8. The van der Waals surface area contributed by atoms with Crippen molar-refractivity contribution in [3.63, 3.8) is 0 Å². The molecule has 12 aromatic rings. The van der Waals surface area contributed by atoms with Crippen molar-refractivity contribution in [2.45, 2.75) is 12.8 Å². The SMILES string of the molecule is C1=Cc2c(c3cc(-c4ccc5c(c4)c4ccccc4c4cccc(-c6cccc(-c7cc(-c8ccccc8)nc(-c8ccccc8)n7)c6)c45)ccc3n2-c2ccc3ccccc3c2)CC1. The van der Waals surface area contributed by atoms with Gasteiger partial charge in [-0.05, 0) is 132 Å². The van der Waals surface area contributed by atoms with Crippen LogP contribution in [0.25, 0.3) is 122 Å². The zero-order valence-corrected chi connectivity index (χ0v) is 35.6. The molecular weight excluding hydrogens is 787 g/mol. The van der Waals surface area contributed by atoms with Crippen molar-refractivity contribution >= 4 is 60.1 Å². The lowest BCUT2D eigenvalue weighted by Crippen LogP contribution is -2.00. The second-order valence-corrected chi connectivity index (χ2v) is 17.2. The predicted molar refractivity (Wildman–Crippen MR) is 273 cm³/mol. The van der Waals surface area contributed by atoms with Crippen LogP contribution in [0.1, 0.15) is 17.7 Å². The van der Waals surface area contributed by atoms with E-state index in [4.69, 9.17) is 9.97 Å². The van der Waals surface area contributed by atoms with E-state index in [0.29, 0.717) is 5.82 Å². The highest BCUT2D eigenvalue weighted by molar-refractivity contribution is 6.29. The maximum atomic E-state index is 5.18. The van der Waals surface area contributed by atoms with Crippen LogP contribution in [0.5, 0.6) is 0 Å². The molecule has 0 spiro atoms. The first-order chi connectivity index (χ1) is 32.2. The van der Waals surface area contributed by atoms with Crippen molar-refractivity contribution in [1.82, 2.24) is 14.5 Å². The normalized spacial score (nSPS) is 12.4. The van der Waals surface area contributed by atoms with Crippen LogP contribution in [0.15, 0.2) is 218 Å². The Hall–Kier alpha value is -8.40. The molecule has 0 atom stereocenters. The van der Waals surface area contributed by atoms with Crippen molar-refractivity contribution < 1.29 is 0 Å². The van der Waals surface area contributed by atoms with E-state index in [0.717, 1.165) is 46.5 Å². The molecule has 304 valence electrons. The Morgan fingerprint density at radius 3 is 1.85 bits per heavy atom. The van der Waals surface area contributed by atoms with E-state index in [2.05, 4.69) is 205 Å². The molecule has 13 rings (SSSR count). The van der Waals surface area contributed by atoms with Crippen LogP contribution in [0.2, 0.25) is 0 Å². The van der Waals surface area contributed by atoms with Gasteiger partial charge < -0.3 is 4.57 Å². The summed E-state index contributed by atoms with van der Waals surface area (Å²) in [4.78, 5) is 10.2. The molecule has 3 heteroatoms. The molecule has 0 N–H and O–H groups in total. The summed E-state index contributed by atoms with van der Waals surface area (Å²) in [6, 6.07) is 77.0. The molecule has 0 amide bonds. The lowest BCUT2D eigenvalue weighted by molar-refractivity contribution is 0.968. The first-order valence-corrected chi connectivity index (χ1v) is 22.5. The summed E-state index contributed by atoms with van der Waals surface area (Å²) >= 11 is 0. The van der Waals surface area contributed by atoms with Crippen LogP contribution in [0.3, 0.4) is 0 Å². The quantitative estimate of drug-likeness (QED) is 0.156. The van der Waals surface area contributed by atoms with Gasteiger partial charge in [-0.3, -0.25) is 0 Å². The highest BCUT2D eigenvalue weighted by Gasteiger charge is 2.21. The minimum absolute atomic E-state index is 0.712. The Kier molecular flexibility index (Phi) is 8.67. The van der Waals surface area contributed by atoms with E-state index >= 15 is 0 Å². The molecule has 2 aromatic heterocycles. The molecular formula is C62H41N3. The fraction of sp³-hybridized carbons (Fsp3) is 0.0323. The molecule has 0 saturated carbocycles. The van der Waals surface area contributed by atoms with Gasteiger partial charge in [-0.15, -0.1) is 0 Å². The van der Waals surface area contributed by atoms with Gasteiger partial charge in [0.25, 0.3) is 0 Å². The van der Waals surface area contributed by atoms with Gasteiger partial charge in [0.05, 0.1) is 16.9 Å². The van der Waals surface area contributed by atoms with Crippen LogP contribution in [-0.4, -0.2) is 14.5 Å². The summed E-state index contributed by atoms with van der Waals surface area (Å²) in [5, 5.41) is 11.4. The summed E-state index contributed by atoms with van der Waals surface area (Å²) in [7, 11) is 0. The van der Waals surface area contributed by atoms with Crippen molar-refractivity contribution in [2.24, 2.45) is 0 Å². The number of hydrogen-bond acceptors (Lipinski definition) is 2. The molecule has 0 aliphatic heterocycles. The minimum Gasteiger partial charge on any atom is -0.310 e. The minimum atomic E-state index is 0.712. The fourth-order valence-corrected chi connectivity index (χ4v) is 10.3. The predicted octanol–water partition coefficient (Wildman–Crippen LogP) is 16.3. The molecule has 0 saturated heterocycles. The van der Waals surface area contributed by atoms with Crippen molar-refractivity contribution in [1.29, 1.82) is 0 Å². The summed E-state index contributed by atoms with van der Waals surface area (Å²) < 4.78 is 2.46. The van der Waals surface area contributed by atoms with E-state index in [9.17, 15) is 0 Å². The lowest BCUT2D eigenvalue weighted by Gasteiger charge is -2.16. The summed E-state index contributed by atoms with van der Waals surface area (Å²) in [5.41, 5.74) is 14.9. The van der Waals surface area contributed by atoms with Crippen molar-refractivity contribution in [3.05, 3.63) is 230 Å². The van der Waals surface area contributed by atoms with Crippen LogP contribution >= 0.6 is 0 Å². The zero-order valence-electron chi connectivity index (χ0n) is 35.6. The highest BCUT2D eigenvalue weighted by Crippen LogP contribution is 2.43. The van der Waals surface area contributed by atoms with E-state index < -0.39 is 0 Å². The third kappa shape index (κ3) is 6.27. The monoisotopic (exact) mass is 827 g/mol. The first kappa shape index (κ1) is 37.2. The molecule has 1 aliphatic carbocycles. The maximum Gasteiger partial charge on any atom is 0.160 e. The van der Waals surface area contributed by atoms with Crippen molar-refractivity contribution in [3.8, 4) is 61.8 Å². The van der Waals surface area contributed by atoms with Crippen LogP contribution < -0.4 is 0 Å². The third-order valence-corrected chi connectivity index (χ3v) is 13.4. The smallest absolute Gasteiger partial charge is 0.160 e. The van der Waals surface area contributed by atoms with Crippen LogP contribution in [-0.2, 0) is 6.42 Å². The number of rotatable bonds is 6. The molecule has 0 unspecified atom stereocenters. The maximum absolute atomic E-state index is 5.18. The number of benzene rings is 10. The molecule has 10 aromatic carbocycles. The Morgan fingerprint density at radius 2 is 1.02 bits per heavy atom. The molecule has 0 fully saturated rings. The number of aromatic nitrogens is 3. The van der Waals surface area contributed by atoms with E-state index in [1.54, 1.807) is 0 Å². The van der Waals surface area contributed by atoms with Gasteiger partial charge in [0, 0.05) is 33.5 Å². The van der Waals surface area contributed by atoms with E-state index in [-0.39, 0.29) is 0 Å². The average Bonchev–Trinajstić information content (AvgIpc) is 3.72. The largest absolute Gasteiger partial charge is 0.310 e. The molecule has 0 bridgehead atoms. The van der Waals surface area contributed by atoms with Crippen LogP contribution in [0, 0.1) is 0 Å². The fourth-order valence-electron chi connectivity index (χ4n) is 10.3. The van der Waals surface area contributed by atoms with Gasteiger partial charge in [0.15, 0.2) is 5.82 Å². The number of fused-ring (bicyclic) bond motifs is 10. The summed E-state index contributed by atoms with van der Waals surface area (Å²) in [6.45, 7) is 0. The average molecular weight is 828 g/mol. The van der Waals surface area contributed by atoms with Gasteiger partial charge >= 0.3 is 0 Å². The molecule has 3 nitrogen and oxygen atoms in total. The van der Waals surface area contributed by atoms with Crippen LogP contribution in [0.4, 0.5) is 0 Å². The summed E-state index contributed by atoms with van der Waals surface area (Å²) in [5.74, 6) is 0.712. The number of allylic oxidation sites excluding steroid dienone is 1. The Bertz CT molecular complexity index is 3820. The Morgan fingerprint density at radius 1 is 0.385 bits per heavy atom. The standard InChI is InChI=1S/C62H41N3/c1-3-16-41(17-4-1)57-39-58(64-62(63-57)42-18-5-2-6-19-42)47-22-13-21-46(35-47)49-26-14-27-53-50-23-9-10-24-51(50)55-37-44(30-33-54(55)61(49)53)45-31-34-60-56(38-45)52-25-11-12-28-59(52)65(60)48-32-29-40-15-7-8-20-43(40)36-48/h1-10,12-24,26-39H,11,25H2. The van der Waals surface area contributed by atoms with Gasteiger partial charge in [-0.2, -0.15) is 0 Å². The molecule has 1 aliphatic rings. The topological polar surface area (TPSA) is 30.7 Å². The second-order valence-electron chi connectivity index (χ2n) is 17.2. The van der Waals surface area contributed by atoms with E-state index in [1.807, 2.05) is 24.3 Å². The summed E-state index contributed by atoms with van der Waals surface area (Å²) in [6.07, 6.45) is 6.73. The number of hydrogen-bond donors (Lipinski definition) is 0. The van der Waals surface area contributed by atoms with E-state index in [1.165, 1.54) is 87.6 Å². The third-order valence-electron chi connectivity index (χ3n) is 13.4. The molecule has 2 heterocycles. The first-order valence-electron chi connectivity index (χ1n) is 22.5. The van der Waals surface area contributed by atoms with Gasteiger partial charge in [0.2, 0.25) is 0 Å². The Balaban J connectivity index is 0.962. The van der Waals surface area contributed by atoms with Gasteiger partial charge in [-0.1, -0.05) is 176 Å².